The molecule has 98 valence electrons. The molecule has 2 aromatic heterocycles. The summed E-state index contributed by atoms with van der Waals surface area (Å²) in [7, 11) is 0. The van der Waals surface area contributed by atoms with Crippen molar-refractivity contribution in [2.45, 2.75) is 47.0 Å². The molecule has 0 unspecified atom stereocenters. The molecule has 0 aliphatic rings. The Morgan fingerprint density at radius 1 is 1.33 bits per heavy atom. The van der Waals surface area contributed by atoms with Gasteiger partial charge in [0.25, 0.3) is 11.3 Å². The normalized spacial score (nSPS) is 12.6. The molecular weight excluding hydrogens is 230 g/mol. The second-order valence-electron chi connectivity index (χ2n) is 6.15. The highest BCUT2D eigenvalue weighted by Crippen LogP contribution is 2.22. The molecule has 0 aliphatic carbocycles. The molecule has 0 atom stereocenters. The van der Waals surface area contributed by atoms with Crippen LogP contribution in [-0.4, -0.2) is 15.1 Å². The first kappa shape index (κ1) is 12.8. The standard InChI is InChI=1S/C13H19N3O2/c1-7(2)10-9-11(17)14-8(6-13(3,4)5)15-12(9)18-16-10/h7H,6H2,1-5H3,(H,14,15,17). The predicted octanol–water partition coefficient (Wildman–Crippen LogP) is 2.62. The number of rotatable bonds is 2. The third kappa shape index (κ3) is 2.44. The lowest BCUT2D eigenvalue weighted by atomic mass is 9.92. The van der Waals surface area contributed by atoms with Crippen molar-refractivity contribution in [1.29, 1.82) is 0 Å². The minimum absolute atomic E-state index is 0.0600. The van der Waals surface area contributed by atoms with Crippen LogP contribution in [0.25, 0.3) is 11.1 Å². The molecule has 0 aromatic carbocycles. The first-order valence-electron chi connectivity index (χ1n) is 6.16. The van der Waals surface area contributed by atoms with Crippen molar-refractivity contribution in [3.63, 3.8) is 0 Å². The number of hydrogen-bond donors (Lipinski definition) is 1. The number of nitrogens with one attached hydrogen (secondary N) is 1. The van der Waals surface area contributed by atoms with E-state index in [0.717, 1.165) is 0 Å². The van der Waals surface area contributed by atoms with Crippen LogP contribution in [0.2, 0.25) is 0 Å². The zero-order valence-corrected chi connectivity index (χ0v) is 11.5. The van der Waals surface area contributed by atoms with Gasteiger partial charge >= 0.3 is 0 Å². The van der Waals surface area contributed by atoms with Crippen molar-refractivity contribution >= 4 is 11.1 Å². The quantitative estimate of drug-likeness (QED) is 0.888. The number of hydrogen-bond acceptors (Lipinski definition) is 4. The topological polar surface area (TPSA) is 71.8 Å². The summed E-state index contributed by atoms with van der Waals surface area (Å²) in [6.45, 7) is 10.2. The largest absolute Gasteiger partial charge is 0.335 e. The first-order chi connectivity index (χ1) is 8.28. The van der Waals surface area contributed by atoms with Crippen LogP contribution in [0, 0.1) is 5.41 Å². The Hall–Kier alpha value is -1.65. The fourth-order valence-electron chi connectivity index (χ4n) is 1.91. The molecule has 0 fully saturated rings. The van der Waals surface area contributed by atoms with Gasteiger partial charge in [0.2, 0.25) is 0 Å². The van der Waals surface area contributed by atoms with Crippen LogP contribution in [0.3, 0.4) is 0 Å². The summed E-state index contributed by atoms with van der Waals surface area (Å²) in [4.78, 5) is 19.2. The van der Waals surface area contributed by atoms with Crippen LogP contribution >= 0.6 is 0 Å². The zero-order chi connectivity index (χ0) is 13.5. The molecule has 0 saturated carbocycles. The summed E-state index contributed by atoms with van der Waals surface area (Å²) in [5.74, 6) is 0.786. The smallest absolute Gasteiger partial charge is 0.265 e. The summed E-state index contributed by atoms with van der Waals surface area (Å²) in [5.41, 5.74) is 0.900. The van der Waals surface area contributed by atoms with E-state index in [9.17, 15) is 4.79 Å². The second-order valence-corrected chi connectivity index (χ2v) is 6.15. The van der Waals surface area contributed by atoms with E-state index in [1.165, 1.54) is 0 Å². The van der Waals surface area contributed by atoms with E-state index in [4.69, 9.17) is 4.52 Å². The zero-order valence-electron chi connectivity index (χ0n) is 11.5. The molecule has 5 nitrogen and oxygen atoms in total. The molecule has 1 N–H and O–H groups in total. The van der Waals surface area contributed by atoms with Crippen LogP contribution in [0.4, 0.5) is 0 Å². The number of aromatic amines is 1. The van der Waals surface area contributed by atoms with Gasteiger partial charge in [-0.1, -0.05) is 39.8 Å². The van der Waals surface area contributed by atoms with Crippen molar-refractivity contribution in [2.24, 2.45) is 5.41 Å². The van der Waals surface area contributed by atoms with Gasteiger partial charge in [-0.05, 0) is 11.3 Å². The van der Waals surface area contributed by atoms with Crippen LogP contribution in [0.5, 0.6) is 0 Å². The van der Waals surface area contributed by atoms with E-state index in [-0.39, 0.29) is 16.9 Å². The van der Waals surface area contributed by atoms with Gasteiger partial charge < -0.3 is 9.51 Å². The summed E-state index contributed by atoms with van der Waals surface area (Å²) >= 11 is 0. The summed E-state index contributed by atoms with van der Waals surface area (Å²) in [6, 6.07) is 0. The highest BCUT2D eigenvalue weighted by molar-refractivity contribution is 5.75. The van der Waals surface area contributed by atoms with Gasteiger partial charge in [0.05, 0.1) is 0 Å². The van der Waals surface area contributed by atoms with E-state index in [0.29, 0.717) is 29.0 Å². The Labute approximate surface area is 106 Å². The molecule has 2 aromatic rings. The fraction of sp³-hybridized carbons (Fsp3) is 0.615. The van der Waals surface area contributed by atoms with Gasteiger partial charge in [0.1, 0.15) is 16.9 Å². The number of fused-ring (bicyclic) bond motifs is 1. The summed E-state index contributed by atoms with van der Waals surface area (Å²) < 4.78 is 5.17. The van der Waals surface area contributed by atoms with Crippen molar-refractivity contribution in [3.05, 3.63) is 21.9 Å². The molecule has 0 amide bonds. The highest BCUT2D eigenvalue weighted by atomic mass is 16.5. The van der Waals surface area contributed by atoms with Gasteiger partial charge in [-0.15, -0.1) is 0 Å². The molecule has 5 heteroatoms. The van der Waals surface area contributed by atoms with Crippen LogP contribution in [0.1, 0.15) is 52.1 Å². The molecule has 0 radical (unpaired) electrons. The van der Waals surface area contributed by atoms with Gasteiger partial charge in [0, 0.05) is 6.42 Å². The fourth-order valence-corrected chi connectivity index (χ4v) is 1.91. The van der Waals surface area contributed by atoms with Crippen molar-refractivity contribution in [1.82, 2.24) is 15.1 Å². The lowest BCUT2D eigenvalue weighted by Gasteiger charge is -2.16. The molecule has 0 spiro atoms. The van der Waals surface area contributed by atoms with Crippen LogP contribution in [-0.2, 0) is 6.42 Å². The van der Waals surface area contributed by atoms with E-state index < -0.39 is 0 Å². The van der Waals surface area contributed by atoms with E-state index in [1.807, 2.05) is 13.8 Å². The van der Waals surface area contributed by atoms with Gasteiger partial charge in [0.15, 0.2) is 0 Å². The Kier molecular flexibility index (Phi) is 3.00. The average molecular weight is 249 g/mol. The van der Waals surface area contributed by atoms with Crippen molar-refractivity contribution in [3.8, 4) is 0 Å². The van der Waals surface area contributed by atoms with Gasteiger partial charge in [-0.25, -0.2) is 0 Å². The molecule has 2 rings (SSSR count). The van der Waals surface area contributed by atoms with Crippen molar-refractivity contribution in [2.75, 3.05) is 0 Å². The van der Waals surface area contributed by atoms with Gasteiger partial charge in [-0.3, -0.25) is 4.79 Å². The number of aromatic nitrogens is 3. The molecular formula is C13H19N3O2. The second kappa shape index (κ2) is 4.23. The predicted molar refractivity (Wildman–Crippen MR) is 69.7 cm³/mol. The Balaban J connectivity index is 2.55. The Morgan fingerprint density at radius 3 is 2.56 bits per heavy atom. The Bertz CT molecular complexity index is 617. The lowest BCUT2D eigenvalue weighted by Crippen LogP contribution is -2.18. The third-order valence-electron chi connectivity index (χ3n) is 2.67. The maximum Gasteiger partial charge on any atom is 0.265 e. The molecule has 0 saturated heterocycles. The van der Waals surface area contributed by atoms with E-state index in [1.54, 1.807) is 0 Å². The maximum atomic E-state index is 12.1. The minimum Gasteiger partial charge on any atom is -0.335 e. The maximum absolute atomic E-state index is 12.1. The van der Waals surface area contributed by atoms with Crippen LogP contribution < -0.4 is 5.56 Å². The molecule has 2 heterocycles. The SMILES string of the molecule is CC(C)c1noc2nc(CC(C)(C)C)[nH]c(=O)c12. The number of H-pyrrole nitrogens is 1. The monoisotopic (exact) mass is 249 g/mol. The average Bonchev–Trinajstić information content (AvgIpc) is 2.58. The van der Waals surface area contributed by atoms with E-state index in [2.05, 4.69) is 35.9 Å². The molecule has 18 heavy (non-hydrogen) atoms. The molecule has 0 aliphatic heterocycles. The van der Waals surface area contributed by atoms with Crippen molar-refractivity contribution < 1.29 is 4.52 Å². The minimum atomic E-state index is -0.163. The molecule has 0 bridgehead atoms. The van der Waals surface area contributed by atoms with Gasteiger partial charge in [-0.2, -0.15) is 4.98 Å². The number of nitrogens with zero attached hydrogens (tertiary/aromatic N) is 2. The Morgan fingerprint density at radius 2 is 2.00 bits per heavy atom. The van der Waals surface area contributed by atoms with E-state index >= 15 is 0 Å². The first-order valence-corrected chi connectivity index (χ1v) is 6.16. The lowest BCUT2D eigenvalue weighted by molar-refractivity contribution is 0.396. The third-order valence-corrected chi connectivity index (χ3v) is 2.67. The summed E-state index contributed by atoms with van der Waals surface area (Å²) in [6.07, 6.45) is 0.690. The van der Waals surface area contributed by atoms with Crippen LogP contribution in [0.15, 0.2) is 9.32 Å². The highest BCUT2D eigenvalue weighted by Gasteiger charge is 2.19. The summed E-state index contributed by atoms with van der Waals surface area (Å²) in [5, 5.41) is 4.41.